The van der Waals surface area contributed by atoms with Crippen molar-refractivity contribution < 1.29 is 5.11 Å². The molecule has 1 nitrogen and oxygen atoms in total. The van der Waals surface area contributed by atoms with Crippen molar-refractivity contribution in [1.82, 2.24) is 0 Å². The van der Waals surface area contributed by atoms with Gasteiger partial charge in [-0.15, -0.1) is 0 Å². The topological polar surface area (TPSA) is 20.2 Å². The van der Waals surface area contributed by atoms with Crippen LogP contribution in [0.4, 0.5) is 0 Å². The zero-order chi connectivity index (χ0) is 8.43. The highest BCUT2D eigenvalue weighted by Gasteiger charge is 2.03. The zero-order valence-corrected chi connectivity index (χ0v) is 8.98. The van der Waals surface area contributed by atoms with Gasteiger partial charge in [-0.2, -0.15) is 0 Å². The lowest BCUT2D eigenvalue weighted by Gasteiger charge is -2.04. The van der Waals surface area contributed by atoms with Crippen LogP contribution in [0.25, 0.3) is 0 Å². The summed E-state index contributed by atoms with van der Waals surface area (Å²) in [5.74, 6) is 0. The van der Waals surface area contributed by atoms with Gasteiger partial charge in [0.2, 0.25) is 0 Å². The molecule has 60 valence electrons. The number of hydrogen-bond acceptors (Lipinski definition) is 1. The van der Waals surface area contributed by atoms with E-state index in [2.05, 4.69) is 22.6 Å². The number of benzene rings is 1. The molecule has 0 heterocycles. The van der Waals surface area contributed by atoms with Crippen molar-refractivity contribution >= 4 is 34.2 Å². The number of halogens is 2. The zero-order valence-electron chi connectivity index (χ0n) is 6.06. The summed E-state index contributed by atoms with van der Waals surface area (Å²) in [6.45, 7) is 1.99. The molecule has 0 aromatic heterocycles. The van der Waals surface area contributed by atoms with Gasteiger partial charge in [-0.1, -0.05) is 11.6 Å². The minimum atomic E-state index is 0.0113. The molecule has 0 amide bonds. The Morgan fingerprint density at radius 2 is 2.18 bits per heavy atom. The molecule has 0 spiro atoms. The minimum absolute atomic E-state index is 0.0113. The monoisotopic (exact) mass is 282 g/mol. The molecule has 0 saturated carbocycles. The van der Waals surface area contributed by atoms with Crippen LogP contribution in [0.15, 0.2) is 12.1 Å². The van der Waals surface area contributed by atoms with Gasteiger partial charge in [-0.3, -0.25) is 0 Å². The van der Waals surface area contributed by atoms with Crippen molar-refractivity contribution in [1.29, 1.82) is 0 Å². The van der Waals surface area contributed by atoms with Gasteiger partial charge in [-0.25, -0.2) is 0 Å². The average Bonchev–Trinajstić information content (AvgIpc) is 1.85. The van der Waals surface area contributed by atoms with Gasteiger partial charge in [-0.05, 0) is 47.2 Å². The number of aliphatic hydroxyl groups is 1. The number of aryl methyl sites for hydroxylation is 1. The first-order valence-electron chi connectivity index (χ1n) is 3.20. The number of hydrogen-bond donors (Lipinski definition) is 1. The molecule has 0 atom stereocenters. The van der Waals surface area contributed by atoms with E-state index in [-0.39, 0.29) is 6.61 Å². The first-order valence-corrected chi connectivity index (χ1v) is 4.66. The molecular formula is C8H8ClIO. The third-order valence-corrected chi connectivity index (χ3v) is 2.74. The Morgan fingerprint density at radius 1 is 1.55 bits per heavy atom. The van der Waals surface area contributed by atoms with Crippen LogP contribution >= 0.6 is 34.2 Å². The van der Waals surface area contributed by atoms with Gasteiger partial charge in [0.1, 0.15) is 0 Å². The lowest BCUT2D eigenvalue weighted by Crippen LogP contribution is -1.90. The van der Waals surface area contributed by atoms with Crippen LogP contribution in [0, 0.1) is 10.5 Å². The molecule has 0 aliphatic carbocycles. The molecule has 11 heavy (non-hydrogen) atoms. The predicted molar refractivity (Wildman–Crippen MR) is 54.8 cm³/mol. The normalized spacial score (nSPS) is 10.2. The molecule has 1 aromatic carbocycles. The highest BCUT2D eigenvalue weighted by Crippen LogP contribution is 2.23. The molecule has 0 fully saturated rings. The fourth-order valence-corrected chi connectivity index (χ4v) is 2.33. The molecule has 0 unspecified atom stereocenters. The van der Waals surface area contributed by atoms with Crippen LogP contribution in [0.1, 0.15) is 11.1 Å². The summed E-state index contributed by atoms with van der Waals surface area (Å²) in [6, 6.07) is 3.85. The summed E-state index contributed by atoms with van der Waals surface area (Å²) < 4.78 is 1.02. The summed E-state index contributed by atoms with van der Waals surface area (Å²) in [4.78, 5) is 0. The highest BCUT2D eigenvalue weighted by molar-refractivity contribution is 14.1. The fraction of sp³-hybridized carbons (Fsp3) is 0.250. The van der Waals surface area contributed by atoms with E-state index in [1.807, 2.05) is 19.1 Å². The number of aliphatic hydroxyl groups excluding tert-OH is 1. The lowest BCUT2D eigenvalue weighted by molar-refractivity contribution is 0.281. The maximum atomic E-state index is 8.90. The Balaban J connectivity index is 3.25. The van der Waals surface area contributed by atoms with E-state index < -0.39 is 0 Å². The van der Waals surface area contributed by atoms with Crippen molar-refractivity contribution in [2.24, 2.45) is 0 Å². The first kappa shape index (κ1) is 9.29. The highest BCUT2D eigenvalue weighted by atomic mass is 127. The summed E-state index contributed by atoms with van der Waals surface area (Å²) in [7, 11) is 0. The van der Waals surface area contributed by atoms with Gasteiger partial charge >= 0.3 is 0 Å². The smallest absolute Gasteiger partial charge is 0.0706 e. The second-order valence-electron chi connectivity index (χ2n) is 2.37. The summed E-state index contributed by atoms with van der Waals surface area (Å²) in [6.07, 6.45) is 0. The predicted octanol–water partition coefficient (Wildman–Crippen LogP) is 2.75. The fourth-order valence-electron chi connectivity index (χ4n) is 0.881. The Labute approximate surface area is 84.5 Å². The van der Waals surface area contributed by atoms with E-state index in [9.17, 15) is 0 Å². The van der Waals surface area contributed by atoms with Crippen LogP contribution in [0.3, 0.4) is 0 Å². The maximum absolute atomic E-state index is 8.90. The molecule has 0 radical (unpaired) electrons. The van der Waals surface area contributed by atoms with Crippen LogP contribution in [0.2, 0.25) is 5.02 Å². The Kier molecular flexibility index (Phi) is 3.16. The van der Waals surface area contributed by atoms with Crippen molar-refractivity contribution in [3.8, 4) is 0 Å². The van der Waals surface area contributed by atoms with E-state index in [1.54, 1.807) is 0 Å². The molecule has 1 N–H and O–H groups in total. The number of rotatable bonds is 1. The van der Waals surface area contributed by atoms with Gasteiger partial charge in [0.15, 0.2) is 0 Å². The van der Waals surface area contributed by atoms with Crippen LogP contribution in [-0.4, -0.2) is 5.11 Å². The van der Waals surface area contributed by atoms with Gasteiger partial charge in [0.05, 0.1) is 6.61 Å². The first-order chi connectivity index (χ1) is 5.15. The Bertz CT molecular complexity index is 250. The third kappa shape index (κ3) is 2.07. The van der Waals surface area contributed by atoms with Crippen molar-refractivity contribution in [2.75, 3.05) is 0 Å². The lowest BCUT2D eigenvalue weighted by atomic mass is 10.2. The van der Waals surface area contributed by atoms with E-state index in [1.165, 1.54) is 0 Å². The molecule has 0 aliphatic heterocycles. The second kappa shape index (κ2) is 3.74. The largest absolute Gasteiger partial charge is 0.392 e. The molecule has 0 saturated heterocycles. The summed E-state index contributed by atoms with van der Waals surface area (Å²) in [5.41, 5.74) is 1.94. The Hall–Kier alpha value is 0.200. The molecule has 0 bridgehead atoms. The Morgan fingerprint density at radius 3 is 2.64 bits per heavy atom. The third-order valence-electron chi connectivity index (χ3n) is 1.44. The van der Waals surface area contributed by atoms with Gasteiger partial charge < -0.3 is 5.11 Å². The quantitative estimate of drug-likeness (QED) is 0.785. The molecule has 1 rings (SSSR count). The molecule has 1 aromatic rings. The van der Waals surface area contributed by atoms with E-state index in [4.69, 9.17) is 16.7 Å². The van der Waals surface area contributed by atoms with Crippen molar-refractivity contribution in [2.45, 2.75) is 13.5 Å². The van der Waals surface area contributed by atoms with Gasteiger partial charge in [0, 0.05) is 14.2 Å². The van der Waals surface area contributed by atoms with E-state index >= 15 is 0 Å². The maximum Gasteiger partial charge on any atom is 0.0706 e. The van der Waals surface area contributed by atoms with Crippen LogP contribution in [-0.2, 0) is 6.61 Å². The van der Waals surface area contributed by atoms with Gasteiger partial charge in [0.25, 0.3) is 0 Å². The molecule has 0 aliphatic rings. The summed E-state index contributed by atoms with van der Waals surface area (Å²) >= 11 is 8.04. The van der Waals surface area contributed by atoms with Crippen molar-refractivity contribution in [3.05, 3.63) is 31.9 Å². The van der Waals surface area contributed by atoms with E-state index in [0.29, 0.717) is 5.02 Å². The van der Waals surface area contributed by atoms with E-state index in [0.717, 1.165) is 14.7 Å². The standard InChI is InChI=1S/C8H8ClIO/c1-5-2-7(9)6(4-11)8(10)3-5/h2-3,11H,4H2,1H3. The van der Waals surface area contributed by atoms with Crippen LogP contribution in [0.5, 0.6) is 0 Å². The molecule has 3 heteroatoms. The average molecular weight is 283 g/mol. The SMILES string of the molecule is Cc1cc(Cl)c(CO)c(I)c1. The second-order valence-corrected chi connectivity index (χ2v) is 3.93. The molecular weight excluding hydrogens is 274 g/mol. The van der Waals surface area contributed by atoms with Crippen molar-refractivity contribution in [3.63, 3.8) is 0 Å². The minimum Gasteiger partial charge on any atom is -0.392 e. The van der Waals surface area contributed by atoms with Crippen LogP contribution < -0.4 is 0 Å². The summed E-state index contributed by atoms with van der Waals surface area (Å²) in [5, 5.41) is 9.55.